The third-order valence-electron chi connectivity index (χ3n) is 8.79. The molecule has 7 rings (SSSR count). The van der Waals surface area contributed by atoms with E-state index in [1.54, 1.807) is 0 Å². The summed E-state index contributed by atoms with van der Waals surface area (Å²) in [6, 6.07) is 48.9. The largest absolute Gasteiger partial charge is 0.310 e. The summed E-state index contributed by atoms with van der Waals surface area (Å²) in [5.41, 5.74) is 11.4. The van der Waals surface area contributed by atoms with Crippen molar-refractivity contribution in [3.8, 4) is 11.3 Å². The predicted molar refractivity (Wildman–Crippen MR) is 171 cm³/mol. The summed E-state index contributed by atoms with van der Waals surface area (Å²) in [4.78, 5) is 7.44. The van der Waals surface area contributed by atoms with Crippen molar-refractivity contribution < 1.29 is 20.1 Å². The summed E-state index contributed by atoms with van der Waals surface area (Å²) in [6.45, 7) is 9.42. The number of nitrogens with zero attached hydrogens (tertiary/aromatic N) is 2. The Bertz CT molecular complexity index is 1850. The Morgan fingerprint density at radius 1 is 0.571 bits per heavy atom. The van der Waals surface area contributed by atoms with Crippen LogP contribution in [0.25, 0.3) is 22.2 Å². The van der Waals surface area contributed by atoms with Crippen molar-refractivity contribution in [2.45, 2.75) is 38.5 Å². The van der Waals surface area contributed by atoms with Crippen LogP contribution in [0.4, 0.5) is 17.1 Å². The van der Waals surface area contributed by atoms with Gasteiger partial charge in [0.25, 0.3) is 0 Å². The Kier molecular flexibility index (Phi) is 7.13. The molecule has 1 aliphatic rings. The van der Waals surface area contributed by atoms with Crippen molar-refractivity contribution in [2.24, 2.45) is 0 Å². The van der Waals surface area contributed by atoms with Gasteiger partial charge < -0.3 is 4.90 Å². The van der Waals surface area contributed by atoms with Crippen molar-refractivity contribution in [3.63, 3.8) is 0 Å². The van der Waals surface area contributed by atoms with Gasteiger partial charge in [-0.3, -0.25) is 4.98 Å². The van der Waals surface area contributed by atoms with E-state index in [2.05, 4.69) is 166 Å². The van der Waals surface area contributed by atoms with Crippen LogP contribution < -0.4 is 4.90 Å². The van der Waals surface area contributed by atoms with Gasteiger partial charge in [-0.25, -0.2) is 0 Å². The Hall–Kier alpha value is -4.04. The first kappa shape index (κ1) is 28.1. The van der Waals surface area contributed by atoms with Crippen LogP contribution in [0.15, 0.2) is 127 Å². The minimum Gasteiger partial charge on any atom is -0.310 e. The molecule has 0 aliphatic heterocycles. The van der Waals surface area contributed by atoms with E-state index in [1.165, 1.54) is 22.3 Å². The minimum atomic E-state index is -0.233. The van der Waals surface area contributed by atoms with E-state index in [0.717, 1.165) is 39.2 Å². The first-order chi connectivity index (χ1) is 19.9. The SMILES string of the molecule is CC1(C)c2cc(N(c3ccccc3)c3ccccc3)ccc2C(C)(C)c2c(-c3ccc4ccccc4n3)[c-]ccc21.[Ir]. The maximum Gasteiger partial charge on any atom is 0.0595 e. The van der Waals surface area contributed by atoms with Crippen molar-refractivity contribution in [1.82, 2.24) is 4.98 Å². The molecule has 1 aromatic heterocycles. The predicted octanol–water partition coefficient (Wildman–Crippen LogP) is 10.1. The molecule has 0 N–H and O–H groups in total. The number of anilines is 3. The molecule has 0 saturated heterocycles. The quantitative estimate of drug-likeness (QED) is 0.169. The fourth-order valence-corrected chi connectivity index (χ4v) is 6.69. The second kappa shape index (κ2) is 10.7. The molecule has 0 fully saturated rings. The monoisotopic (exact) mass is 722 g/mol. The van der Waals surface area contributed by atoms with E-state index in [-0.39, 0.29) is 30.9 Å². The van der Waals surface area contributed by atoms with Gasteiger partial charge in [-0.2, -0.15) is 0 Å². The molecule has 42 heavy (non-hydrogen) atoms. The molecule has 0 bridgehead atoms. The summed E-state index contributed by atoms with van der Waals surface area (Å²) < 4.78 is 0. The van der Waals surface area contributed by atoms with Crippen LogP contribution in [-0.4, -0.2) is 4.98 Å². The van der Waals surface area contributed by atoms with E-state index in [1.807, 2.05) is 0 Å². The number of aromatic nitrogens is 1. The van der Waals surface area contributed by atoms with E-state index >= 15 is 0 Å². The van der Waals surface area contributed by atoms with Gasteiger partial charge in [0.15, 0.2) is 0 Å². The average molecular weight is 722 g/mol. The Labute approximate surface area is 262 Å². The van der Waals surface area contributed by atoms with Gasteiger partial charge >= 0.3 is 0 Å². The fourth-order valence-electron chi connectivity index (χ4n) is 6.69. The van der Waals surface area contributed by atoms with E-state index in [9.17, 15) is 0 Å². The Morgan fingerprint density at radius 3 is 1.90 bits per heavy atom. The fraction of sp³-hybridized carbons (Fsp3) is 0.154. The molecule has 6 aromatic rings. The number of hydrogen-bond donors (Lipinski definition) is 0. The molecule has 1 aliphatic carbocycles. The number of hydrogen-bond acceptors (Lipinski definition) is 2. The molecule has 3 heteroatoms. The van der Waals surface area contributed by atoms with Crippen molar-refractivity contribution in [1.29, 1.82) is 0 Å². The number of fused-ring (bicyclic) bond motifs is 3. The number of pyridine rings is 1. The van der Waals surface area contributed by atoms with Crippen LogP contribution in [0.3, 0.4) is 0 Å². The van der Waals surface area contributed by atoms with Crippen molar-refractivity contribution in [2.75, 3.05) is 4.90 Å². The van der Waals surface area contributed by atoms with Crippen molar-refractivity contribution >= 4 is 28.0 Å². The van der Waals surface area contributed by atoms with E-state index in [0.29, 0.717) is 0 Å². The van der Waals surface area contributed by atoms with Gasteiger partial charge in [-0.05, 0) is 75.5 Å². The molecule has 0 spiro atoms. The van der Waals surface area contributed by atoms with Crippen molar-refractivity contribution in [3.05, 3.63) is 156 Å². The minimum absolute atomic E-state index is 0. The van der Waals surface area contributed by atoms with Crippen LogP contribution >= 0.6 is 0 Å². The Balaban J connectivity index is 0.00000316. The molecule has 0 amide bonds. The van der Waals surface area contributed by atoms with Gasteiger partial charge in [0.1, 0.15) is 0 Å². The van der Waals surface area contributed by atoms with Gasteiger partial charge in [0.2, 0.25) is 0 Å². The normalized spacial score (nSPS) is 14.4. The van der Waals surface area contributed by atoms with Crippen LogP contribution in [0.5, 0.6) is 0 Å². The molecule has 209 valence electrons. The zero-order chi connectivity index (χ0) is 28.2. The summed E-state index contributed by atoms with van der Waals surface area (Å²) in [6.07, 6.45) is 0. The molecule has 5 aromatic carbocycles. The molecular weight excluding hydrogens is 689 g/mol. The zero-order valence-electron chi connectivity index (χ0n) is 24.4. The average Bonchev–Trinajstić information content (AvgIpc) is 3.01. The smallest absolute Gasteiger partial charge is 0.0595 e. The molecular formula is C39H33IrN2-. The zero-order valence-corrected chi connectivity index (χ0v) is 26.7. The van der Waals surface area contributed by atoms with E-state index in [4.69, 9.17) is 4.98 Å². The van der Waals surface area contributed by atoms with Gasteiger partial charge in [0, 0.05) is 37.2 Å². The summed E-state index contributed by atoms with van der Waals surface area (Å²) in [7, 11) is 0. The van der Waals surface area contributed by atoms with Crippen LogP contribution in [0, 0.1) is 6.07 Å². The first-order valence-corrected chi connectivity index (χ1v) is 14.3. The summed E-state index contributed by atoms with van der Waals surface area (Å²) >= 11 is 0. The van der Waals surface area contributed by atoms with Gasteiger partial charge in [-0.1, -0.05) is 100 Å². The van der Waals surface area contributed by atoms with Crippen LogP contribution in [0.2, 0.25) is 0 Å². The van der Waals surface area contributed by atoms with Crippen LogP contribution in [0.1, 0.15) is 49.9 Å². The molecule has 1 heterocycles. The molecule has 0 unspecified atom stereocenters. The maximum atomic E-state index is 5.09. The second-order valence-electron chi connectivity index (χ2n) is 12.0. The summed E-state index contributed by atoms with van der Waals surface area (Å²) in [5.74, 6) is 0. The van der Waals surface area contributed by atoms with Crippen LogP contribution in [-0.2, 0) is 30.9 Å². The third kappa shape index (κ3) is 4.49. The molecule has 2 nitrogen and oxygen atoms in total. The topological polar surface area (TPSA) is 16.1 Å². The summed E-state index contributed by atoms with van der Waals surface area (Å²) in [5, 5.41) is 1.15. The van der Waals surface area contributed by atoms with Gasteiger partial charge in [-0.15, -0.1) is 34.9 Å². The molecule has 0 saturated carbocycles. The number of para-hydroxylation sites is 3. The molecule has 1 radical (unpaired) electrons. The third-order valence-corrected chi connectivity index (χ3v) is 8.79. The maximum absolute atomic E-state index is 5.09. The Morgan fingerprint density at radius 2 is 1.21 bits per heavy atom. The number of rotatable bonds is 4. The standard InChI is InChI=1S/C39H33N2.Ir/c1-38(2)33-20-13-19-31(36-25-22-27-14-11-12-21-35(27)40-36)37(33)39(3,4)32-24-23-30(26-34(32)38)41(28-15-7-5-8-16-28)29-17-9-6-10-18-29;/h5-18,20-26H,1-4H3;/q-1;. The van der Waals surface area contributed by atoms with E-state index < -0.39 is 0 Å². The number of benzene rings is 5. The molecule has 0 atom stereocenters. The first-order valence-electron chi connectivity index (χ1n) is 14.3. The van der Waals surface area contributed by atoms with Gasteiger partial charge in [0.05, 0.1) is 5.52 Å². The second-order valence-corrected chi connectivity index (χ2v) is 12.0.